The van der Waals surface area contributed by atoms with Crippen molar-refractivity contribution in [1.29, 1.82) is 0 Å². The van der Waals surface area contributed by atoms with Crippen molar-refractivity contribution in [2.45, 2.75) is 18.9 Å². The van der Waals surface area contributed by atoms with Crippen LogP contribution in [0.25, 0.3) is 22.2 Å². The van der Waals surface area contributed by atoms with E-state index in [2.05, 4.69) is 41.8 Å². The average Bonchev–Trinajstić information content (AvgIpc) is 3.35. The molecule has 3 N–H and O–H groups in total. The minimum Gasteiger partial charge on any atom is -0.338 e. The summed E-state index contributed by atoms with van der Waals surface area (Å²) in [5.41, 5.74) is 3.46. The second-order valence-corrected chi connectivity index (χ2v) is 8.03. The maximum atomic E-state index is 6.10. The lowest BCUT2D eigenvalue weighted by atomic mass is 10.1. The van der Waals surface area contributed by atoms with Gasteiger partial charge in [0.25, 0.3) is 0 Å². The Hall–Kier alpha value is -2.61. The zero-order valence-corrected chi connectivity index (χ0v) is 17.0. The maximum absolute atomic E-state index is 6.10. The molecular weight excluding hydrogens is 409 g/mol. The molecule has 0 unspecified atom stereocenters. The molecule has 0 aliphatic carbocycles. The van der Waals surface area contributed by atoms with Crippen molar-refractivity contribution in [3.8, 4) is 11.3 Å². The summed E-state index contributed by atoms with van der Waals surface area (Å²) in [5, 5.41) is 20.7. The molecule has 9 heteroatoms. The van der Waals surface area contributed by atoms with Crippen LogP contribution >= 0.6 is 23.2 Å². The molecule has 4 heterocycles. The van der Waals surface area contributed by atoms with Gasteiger partial charge in [-0.15, -0.1) is 0 Å². The number of aromatic nitrogens is 5. The molecule has 7 nitrogen and oxygen atoms in total. The van der Waals surface area contributed by atoms with Crippen molar-refractivity contribution in [3.05, 3.63) is 52.9 Å². The number of hydrogen-bond acceptors (Lipinski definition) is 5. The van der Waals surface area contributed by atoms with Crippen molar-refractivity contribution in [2.24, 2.45) is 0 Å². The molecule has 3 aromatic heterocycles. The summed E-state index contributed by atoms with van der Waals surface area (Å²) in [6, 6.07) is 7.75. The normalized spacial score (nSPS) is 15.1. The fourth-order valence-corrected chi connectivity index (χ4v) is 4.20. The maximum Gasteiger partial charge on any atom is 0.160 e. The third kappa shape index (κ3) is 3.81. The summed E-state index contributed by atoms with van der Waals surface area (Å²) in [5.74, 6) is 0.688. The number of fused-ring (bicyclic) bond motifs is 1. The molecule has 5 rings (SSSR count). The first-order valence-corrected chi connectivity index (χ1v) is 10.2. The third-order valence-corrected chi connectivity index (χ3v) is 5.59. The number of anilines is 2. The first-order chi connectivity index (χ1) is 14.2. The van der Waals surface area contributed by atoms with Crippen LogP contribution in [0, 0.1) is 0 Å². The Labute approximate surface area is 177 Å². The van der Waals surface area contributed by atoms with Crippen LogP contribution in [0.4, 0.5) is 11.5 Å². The Morgan fingerprint density at radius 1 is 1.03 bits per heavy atom. The van der Waals surface area contributed by atoms with E-state index in [1.807, 2.05) is 12.3 Å². The summed E-state index contributed by atoms with van der Waals surface area (Å²) in [4.78, 5) is 4.58. The largest absolute Gasteiger partial charge is 0.338 e. The van der Waals surface area contributed by atoms with Gasteiger partial charge in [0.05, 0.1) is 29.6 Å². The van der Waals surface area contributed by atoms with E-state index in [-0.39, 0.29) is 0 Å². The van der Waals surface area contributed by atoms with Crippen LogP contribution in [0.15, 0.2) is 42.9 Å². The highest BCUT2D eigenvalue weighted by atomic mass is 35.5. The molecule has 0 radical (unpaired) electrons. The van der Waals surface area contributed by atoms with Crippen LogP contribution < -0.4 is 10.6 Å². The Morgan fingerprint density at radius 2 is 1.83 bits per heavy atom. The number of aromatic amines is 1. The molecule has 29 heavy (non-hydrogen) atoms. The van der Waals surface area contributed by atoms with E-state index in [0.717, 1.165) is 53.8 Å². The number of piperidine rings is 1. The number of hydrogen-bond donors (Lipinski definition) is 3. The lowest BCUT2D eigenvalue weighted by Gasteiger charge is -2.22. The van der Waals surface area contributed by atoms with Crippen molar-refractivity contribution < 1.29 is 0 Å². The van der Waals surface area contributed by atoms with Crippen molar-refractivity contribution >= 4 is 45.6 Å². The first kappa shape index (κ1) is 18.4. The Kier molecular flexibility index (Phi) is 4.87. The van der Waals surface area contributed by atoms with Crippen LogP contribution in [0.2, 0.25) is 10.0 Å². The standard InChI is InChI=1S/C20H19Cl2N7/c21-13-5-14(22)7-15(6-13)26-20-17-8-18(24-10-19(17)27-28-20)12-9-25-29(11-12)16-1-3-23-4-2-16/h5-11,16,23H,1-4H2,(H2,26,27,28). The minimum absolute atomic E-state index is 0.437. The second-order valence-electron chi connectivity index (χ2n) is 7.16. The molecule has 4 aromatic rings. The summed E-state index contributed by atoms with van der Waals surface area (Å²) in [7, 11) is 0. The fourth-order valence-electron chi connectivity index (χ4n) is 3.67. The molecule has 1 aromatic carbocycles. The topological polar surface area (TPSA) is 83.5 Å². The van der Waals surface area contributed by atoms with Gasteiger partial charge >= 0.3 is 0 Å². The number of rotatable bonds is 4. The highest BCUT2D eigenvalue weighted by molar-refractivity contribution is 6.35. The van der Waals surface area contributed by atoms with Gasteiger partial charge in [-0.3, -0.25) is 14.8 Å². The van der Waals surface area contributed by atoms with Gasteiger partial charge < -0.3 is 10.6 Å². The Balaban J connectivity index is 1.45. The molecule has 148 valence electrons. The lowest BCUT2D eigenvalue weighted by Crippen LogP contribution is -2.29. The number of nitrogens with zero attached hydrogens (tertiary/aromatic N) is 4. The van der Waals surface area contributed by atoms with Crippen LogP contribution in [0.5, 0.6) is 0 Å². The van der Waals surface area contributed by atoms with Gasteiger partial charge in [-0.1, -0.05) is 23.2 Å². The quantitative estimate of drug-likeness (QED) is 0.435. The van der Waals surface area contributed by atoms with Gasteiger partial charge in [-0.25, -0.2) is 0 Å². The summed E-state index contributed by atoms with van der Waals surface area (Å²) in [6.07, 6.45) is 7.92. The summed E-state index contributed by atoms with van der Waals surface area (Å²) < 4.78 is 2.06. The van der Waals surface area contributed by atoms with Crippen LogP contribution in [-0.4, -0.2) is 38.1 Å². The number of H-pyrrole nitrogens is 1. The van der Waals surface area contributed by atoms with E-state index >= 15 is 0 Å². The third-order valence-electron chi connectivity index (χ3n) is 5.15. The van der Waals surface area contributed by atoms with Crippen molar-refractivity contribution in [1.82, 2.24) is 30.3 Å². The van der Waals surface area contributed by atoms with Crippen LogP contribution in [-0.2, 0) is 0 Å². The van der Waals surface area contributed by atoms with Gasteiger partial charge in [0.1, 0.15) is 0 Å². The average molecular weight is 428 g/mol. The molecule has 0 bridgehead atoms. The minimum atomic E-state index is 0.437. The van der Waals surface area contributed by atoms with Gasteiger partial charge in [0.2, 0.25) is 0 Å². The highest BCUT2D eigenvalue weighted by Crippen LogP contribution is 2.30. The smallest absolute Gasteiger partial charge is 0.160 e. The second kappa shape index (κ2) is 7.67. The zero-order valence-electron chi connectivity index (χ0n) is 15.5. The molecule has 0 atom stereocenters. The van der Waals surface area contributed by atoms with E-state index in [1.165, 1.54) is 0 Å². The predicted molar refractivity (Wildman–Crippen MR) is 116 cm³/mol. The fraction of sp³-hybridized carbons (Fsp3) is 0.250. The van der Waals surface area contributed by atoms with E-state index < -0.39 is 0 Å². The number of pyridine rings is 1. The molecule has 1 aliphatic rings. The van der Waals surface area contributed by atoms with E-state index in [4.69, 9.17) is 23.2 Å². The molecule has 1 saturated heterocycles. The van der Waals surface area contributed by atoms with E-state index in [9.17, 15) is 0 Å². The van der Waals surface area contributed by atoms with Crippen molar-refractivity contribution in [2.75, 3.05) is 18.4 Å². The van der Waals surface area contributed by atoms with Crippen LogP contribution in [0.3, 0.4) is 0 Å². The van der Waals surface area contributed by atoms with Gasteiger partial charge in [-0.05, 0) is 50.2 Å². The number of nitrogens with one attached hydrogen (secondary N) is 3. The molecular formula is C20H19Cl2N7. The molecule has 0 amide bonds. The molecule has 0 saturated carbocycles. The SMILES string of the molecule is Clc1cc(Cl)cc(Nc2n[nH]c3cnc(-c4cnn(C5CCNCC5)c4)cc23)c1. The van der Waals surface area contributed by atoms with E-state index in [1.54, 1.807) is 24.4 Å². The van der Waals surface area contributed by atoms with Crippen molar-refractivity contribution in [3.63, 3.8) is 0 Å². The molecule has 1 fully saturated rings. The lowest BCUT2D eigenvalue weighted by molar-refractivity contribution is 0.343. The van der Waals surface area contributed by atoms with E-state index in [0.29, 0.717) is 21.9 Å². The van der Waals surface area contributed by atoms with Crippen LogP contribution in [0.1, 0.15) is 18.9 Å². The predicted octanol–water partition coefficient (Wildman–Crippen LogP) is 4.80. The Morgan fingerprint density at radius 3 is 2.62 bits per heavy atom. The highest BCUT2D eigenvalue weighted by Gasteiger charge is 2.17. The number of benzene rings is 1. The zero-order chi connectivity index (χ0) is 19.8. The molecule has 1 aliphatic heterocycles. The molecule has 0 spiro atoms. The number of halogens is 2. The summed E-state index contributed by atoms with van der Waals surface area (Å²) in [6.45, 7) is 2.06. The van der Waals surface area contributed by atoms with Gasteiger partial charge in [-0.2, -0.15) is 10.2 Å². The first-order valence-electron chi connectivity index (χ1n) is 9.48. The Bertz CT molecular complexity index is 1140. The summed E-state index contributed by atoms with van der Waals surface area (Å²) >= 11 is 12.2. The monoisotopic (exact) mass is 427 g/mol. The van der Waals surface area contributed by atoms with Gasteiger partial charge in [0.15, 0.2) is 5.82 Å². The van der Waals surface area contributed by atoms with Gasteiger partial charge in [0, 0.05) is 32.9 Å².